The molecule has 0 bridgehead atoms. The van der Waals surface area contributed by atoms with Crippen molar-refractivity contribution in [2.45, 2.75) is 51.5 Å². The molecule has 1 aromatic carbocycles. The lowest BCUT2D eigenvalue weighted by Crippen LogP contribution is -2.50. The summed E-state index contributed by atoms with van der Waals surface area (Å²) in [5.41, 5.74) is 0.856. The molecule has 1 aromatic rings. The van der Waals surface area contributed by atoms with Crippen LogP contribution in [-0.2, 0) is 0 Å². The van der Waals surface area contributed by atoms with Gasteiger partial charge < -0.3 is 14.8 Å². The molecule has 1 atom stereocenters. The Kier molecular flexibility index (Phi) is 5.48. The highest BCUT2D eigenvalue weighted by Crippen LogP contribution is 2.34. The van der Waals surface area contributed by atoms with Crippen LogP contribution in [0.5, 0.6) is 11.5 Å². The van der Waals surface area contributed by atoms with Crippen molar-refractivity contribution in [2.24, 2.45) is 5.92 Å². The van der Waals surface area contributed by atoms with Crippen molar-refractivity contribution in [1.29, 1.82) is 0 Å². The fraction of sp³-hybridized carbons (Fsp3) is 0.632. The van der Waals surface area contributed by atoms with Crippen LogP contribution in [0.15, 0.2) is 18.2 Å². The number of anilines is 1. The Balaban J connectivity index is 1.62. The number of ether oxygens (including phenoxy) is 2. The van der Waals surface area contributed by atoms with E-state index in [-0.39, 0.29) is 12.1 Å². The summed E-state index contributed by atoms with van der Waals surface area (Å²) in [6.45, 7) is 3.44. The Morgan fingerprint density at radius 2 is 2.08 bits per heavy atom. The molecule has 0 radical (unpaired) electrons. The van der Waals surface area contributed by atoms with Gasteiger partial charge in [-0.15, -0.1) is 0 Å². The van der Waals surface area contributed by atoms with Gasteiger partial charge in [0.1, 0.15) is 0 Å². The average molecular weight is 332 g/mol. The highest BCUT2D eigenvalue weighted by Gasteiger charge is 2.24. The number of rotatable bonds is 7. The molecule has 0 spiro atoms. The second-order valence-corrected chi connectivity index (χ2v) is 6.91. The third-order valence-electron chi connectivity index (χ3n) is 5.10. The minimum absolute atomic E-state index is 0.0464. The minimum atomic E-state index is -0.0464. The summed E-state index contributed by atoms with van der Waals surface area (Å²) in [6, 6.07) is 5.89. The first kappa shape index (κ1) is 16.9. The smallest absolute Gasteiger partial charge is 0.322 e. The number of hydrogen-bond donors (Lipinski definition) is 1. The van der Waals surface area contributed by atoms with Crippen LogP contribution in [0.2, 0.25) is 0 Å². The predicted molar refractivity (Wildman–Crippen MR) is 95.0 cm³/mol. The number of benzene rings is 1. The maximum Gasteiger partial charge on any atom is 0.322 e. The van der Waals surface area contributed by atoms with Crippen molar-refractivity contribution < 1.29 is 14.3 Å². The number of amides is 2. The van der Waals surface area contributed by atoms with E-state index in [2.05, 4.69) is 5.32 Å². The quantitative estimate of drug-likeness (QED) is 0.769. The zero-order chi connectivity index (χ0) is 16.9. The van der Waals surface area contributed by atoms with Crippen molar-refractivity contribution in [3.05, 3.63) is 18.2 Å². The molecule has 5 heteroatoms. The van der Waals surface area contributed by atoms with Gasteiger partial charge in [0.05, 0.1) is 13.7 Å². The predicted octanol–water partition coefficient (Wildman–Crippen LogP) is 3.96. The molecule has 1 N–H and O–H groups in total. The fourth-order valence-electron chi connectivity index (χ4n) is 3.31. The molecular formula is C19H28N2O3. The topological polar surface area (TPSA) is 50.8 Å². The standard InChI is InChI=1S/C19H28N2O3/c1-14-10-11-21(19(22)20-14)16-8-9-17(23-2)18(13-16)24-12-4-7-15-5-3-6-15/h8-9,13-15H,3-7,10-12H2,1-2H3,(H,20,22). The van der Waals surface area contributed by atoms with Crippen LogP contribution in [-0.4, -0.2) is 32.3 Å². The number of carbonyl (C=O) groups is 1. The summed E-state index contributed by atoms with van der Waals surface area (Å²) >= 11 is 0. The molecular weight excluding hydrogens is 304 g/mol. The lowest BCUT2D eigenvalue weighted by Gasteiger charge is -2.31. The Morgan fingerprint density at radius 1 is 1.25 bits per heavy atom. The summed E-state index contributed by atoms with van der Waals surface area (Å²) < 4.78 is 11.3. The summed E-state index contributed by atoms with van der Waals surface area (Å²) in [4.78, 5) is 14.0. The minimum Gasteiger partial charge on any atom is -0.493 e. The van der Waals surface area contributed by atoms with Gasteiger partial charge in [0.15, 0.2) is 11.5 Å². The number of nitrogens with one attached hydrogen (secondary N) is 1. The lowest BCUT2D eigenvalue weighted by atomic mass is 9.82. The van der Waals surface area contributed by atoms with E-state index in [1.165, 1.54) is 25.7 Å². The molecule has 1 saturated heterocycles. The number of hydrogen-bond acceptors (Lipinski definition) is 3. The first-order valence-corrected chi connectivity index (χ1v) is 9.06. The maximum absolute atomic E-state index is 12.2. The monoisotopic (exact) mass is 332 g/mol. The second kappa shape index (κ2) is 7.77. The van der Waals surface area contributed by atoms with Gasteiger partial charge in [-0.3, -0.25) is 4.90 Å². The van der Waals surface area contributed by atoms with Crippen LogP contribution in [0.1, 0.15) is 45.4 Å². The molecule has 1 aliphatic carbocycles. The van der Waals surface area contributed by atoms with E-state index >= 15 is 0 Å². The molecule has 24 heavy (non-hydrogen) atoms. The van der Waals surface area contributed by atoms with Gasteiger partial charge in [-0.2, -0.15) is 0 Å². The summed E-state index contributed by atoms with van der Waals surface area (Å²) in [7, 11) is 1.64. The molecule has 1 aliphatic heterocycles. The summed E-state index contributed by atoms with van der Waals surface area (Å²) in [5, 5.41) is 2.97. The van der Waals surface area contributed by atoms with Gasteiger partial charge in [-0.25, -0.2) is 4.79 Å². The van der Waals surface area contributed by atoms with Gasteiger partial charge in [0.2, 0.25) is 0 Å². The van der Waals surface area contributed by atoms with Crippen LogP contribution in [0, 0.1) is 5.92 Å². The van der Waals surface area contributed by atoms with Gasteiger partial charge in [-0.1, -0.05) is 19.3 Å². The number of nitrogens with zero attached hydrogens (tertiary/aromatic N) is 1. The third-order valence-corrected chi connectivity index (χ3v) is 5.10. The first-order valence-electron chi connectivity index (χ1n) is 9.06. The highest BCUT2D eigenvalue weighted by molar-refractivity contribution is 5.93. The molecule has 3 rings (SSSR count). The molecule has 5 nitrogen and oxygen atoms in total. The lowest BCUT2D eigenvalue weighted by molar-refractivity contribution is 0.237. The molecule has 1 heterocycles. The van der Waals surface area contributed by atoms with E-state index in [0.717, 1.165) is 36.7 Å². The molecule has 1 saturated carbocycles. The van der Waals surface area contributed by atoms with Gasteiger partial charge in [-0.05, 0) is 44.2 Å². The van der Waals surface area contributed by atoms with Crippen LogP contribution in [0.3, 0.4) is 0 Å². The molecule has 2 aliphatic rings. The average Bonchev–Trinajstić information content (AvgIpc) is 2.53. The van der Waals surface area contributed by atoms with E-state index in [1.807, 2.05) is 25.1 Å². The third kappa shape index (κ3) is 3.94. The van der Waals surface area contributed by atoms with Gasteiger partial charge in [0.25, 0.3) is 0 Å². The van der Waals surface area contributed by atoms with Crippen molar-refractivity contribution in [2.75, 3.05) is 25.2 Å². The Morgan fingerprint density at radius 3 is 2.75 bits per heavy atom. The van der Waals surface area contributed by atoms with Gasteiger partial charge in [0, 0.05) is 24.3 Å². The summed E-state index contributed by atoms with van der Waals surface area (Å²) in [5.74, 6) is 2.34. The van der Waals surface area contributed by atoms with Crippen molar-refractivity contribution in [3.63, 3.8) is 0 Å². The zero-order valence-electron chi connectivity index (χ0n) is 14.7. The van der Waals surface area contributed by atoms with E-state index in [0.29, 0.717) is 12.4 Å². The number of urea groups is 1. The fourth-order valence-corrected chi connectivity index (χ4v) is 3.31. The van der Waals surface area contributed by atoms with E-state index in [1.54, 1.807) is 12.0 Å². The van der Waals surface area contributed by atoms with Crippen molar-refractivity contribution in [3.8, 4) is 11.5 Å². The molecule has 2 amide bonds. The van der Waals surface area contributed by atoms with Crippen LogP contribution >= 0.6 is 0 Å². The number of carbonyl (C=O) groups excluding carboxylic acids is 1. The first-order chi connectivity index (χ1) is 11.7. The van der Waals surface area contributed by atoms with Crippen LogP contribution in [0.4, 0.5) is 10.5 Å². The van der Waals surface area contributed by atoms with Crippen molar-refractivity contribution >= 4 is 11.7 Å². The number of methoxy groups -OCH3 is 1. The van der Waals surface area contributed by atoms with Crippen LogP contribution < -0.4 is 19.7 Å². The summed E-state index contributed by atoms with van der Waals surface area (Å²) in [6.07, 6.45) is 7.39. The Hall–Kier alpha value is -1.91. The second-order valence-electron chi connectivity index (χ2n) is 6.91. The van der Waals surface area contributed by atoms with E-state index in [9.17, 15) is 4.79 Å². The largest absolute Gasteiger partial charge is 0.493 e. The molecule has 2 fully saturated rings. The SMILES string of the molecule is COc1ccc(N2CCC(C)NC2=O)cc1OCCCC1CCC1. The maximum atomic E-state index is 12.2. The van der Waals surface area contributed by atoms with Crippen molar-refractivity contribution in [1.82, 2.24) is 5.32 Å². The molecule has 0 aromatic heterocycles. The molecule has 132 valence electrons. The Bertz CT molecular complexity index is 572. The van der Waals surface area contributed by atoms with Crippen LogP contribution in [0.25, 0.3) is 0 Å². The Labute approximate surface area is 144 Å². The van der Waals surface area contributed by atoms with E-state index < -0.39 is 0 Å². The highest BCUT2D eigenvalue weighted by atomic mass is 16.5. The van der Waals surface area contributed by atoms with E-state index in [4.69, 9.17) is 9.47 Å². The normalized spacial score (nSPS) is 21.2. The van der Waals surface area contributed by atoms with Gasteiger partial charge >= 0.3 is 6.03 Å². The molecule has 1 unspecified atom stereocenters. The zero-order valence-corrected chi connectivity index (χ0v) is 14.7.